The number of H-pyrrole nitrogens is 1. The predicted octanol–water partition coefficient (Wildman–Crippen LogP) is -1.62. The lowest BCUT2D eigenvalue weighted by molar-refractivity contribution is -0.120. The van der Waals surface area contributed by atoms with Crippen LogP contribution in [0.5, 0.6) is 0 Å². The number of primary amides is 1. The smallest absolute Gasteiger partial charge is 0.328 e. The molecule has 86 valence electrons. The van der Waals surface area contributed by atoms with Crippen molar-refractivity contribution < 1.29 is 9.59 Å². The molecule has 9 heteroatoms. The fourth-order valence-corrected chi connectivity index (χ4v) is 1.10. The van der Waals surface area contributed by atoms with Gasteiger partial charge in [0.15, 0.2) is 0 Å². The standard InChI is InChI=1S/C7H7ClN4O4/c8-3-1-12(7(16)11-5(3)14)2-4(13)10-6(9)15/h1H,2H2,(H,11,14,16)(H3,9,10,13,15). The lowest BCUT2D eigenvalue weighted by Crippen LogP contribution is -2.40. The second-order valence-electron chi connectivity index (χ2n) is 2.78. The zero-order valence-corrected chi connectivity index (χ0v) is 8.58. The van der Waals surface area contributed by atoms with Crippen molar-refractivity contribution in [2.45, 2.75) is 6.54 Å². The first-order valence-electron chi connectivity index (χ1n) is 3.98. The Morgan fingerprint density at radius 1 is 1.50 bits per heavy atom. The molecule has 0 spiro atoms. The van der Waals surface area contributed by atoms with Crippen molar-refractivity contribution in [2.75, 3.05) is 0 Å². The second kappa shape index (κ2) is 4.62. The van der Waals surface area contributed by atoms with Crippen LogP contribution in [0.25, 0.3) is 0 Å². The summed E-state index contributed by atoms with van der Waals surface area (Å²) in [6.07, 6.45) is 0.989. The molecule has 0 aliphatic heterocycles. The summed E-state index contributed by atoms with van der Waals surface area (Å²) in [5.74, 6) is -0.794. The SMILES string of the molecule is NC(=O)NC(=O)Cn1cc(Cl)c(=O)[nH]c1=O. The molecule has 16 heavy (non-hydrogen) atoms. The number of hydrogen-bond donors (Lipinski definition) is 3. The molecule has 1 aromatic heterocycles. The highest BCUT2D eigenvalue weighted by atomic mass is 35.5. The molecule has 0 fully saturated rings. The quantitative estimate of drug-likeness (QED) is 0.580. The van der Waals surface area contributed by atoms with E-state index in [1.165, 1.54) is 0 Å². The molecule has 0 saturated carbocycles. The number of carbonyl (C=O) groups is 2. The van der Waals surface area contributed by atoms with Crippen LogP contribution in [0.15, 0.2) is 15.8 Å². The predicted molar refractivity (Wildman–Crippen MR) is 54.1 cm³/mol. The summed E-state index contributed by atoms with van der Waals surface area (Å²) in [4.78, 5) is 45.3. The number of urea groups is 1. The zero-order chi connectivity index (χ0) is 12.3. The normalized spacial score (nSPS) is 9.81. The topological polar surface area (TPSA) is 127 Å². The van der Waals surface area contributed by atoms with E-state index >= 15 is 0 Å². The van der Waals surface area contributed by atoms with Crippen molar-refractivity contribution >= 4 is 23.5 Å². The Kier molecular flexibility index (Phi) is 3.46. The van der Waals surface area contributed by atoms with Gasteiger partial charge in [0, 0.05) is 6.20 Å². The van der Waals surface area contributed by atoms with Crippen LogP contribution in [0.1, 0.15) is 0 Å². The average Bonchev–Trinajstić information content (AvgIpc) is 2.12. The summed E-state index contributed by atoms with van der Waals surface area (Å²) in [6, 6.07) is -1.03. The van der Waals surface area contributed by atoms with Crippen LogP contribution in [0.4, 0.5) is 4.79 Å². The molecular weight excluding hydrogens is 240 g/mol. The highest BCUT2D eigenvalue weighted by Gasteiger charge is 2.08. The first-order chi connectivity index (χ1) is 7.40. The number of nitrogens with zero attached hydrogens (tertiary/aromatic N) is 1. The Labute approximate surface area is 93.0 Å². The Bertz CT molecular complexity index is 546. The molecule has 0 aliphatic rings. The van der Waals surface area contributed by atoms with Crippen LogP contribution in [0.2, 0.25) is 5.02 Å². The van der Waals surface area contributed by atoms with Crippen LogP contribution < -0.4 is 22.3 Å². The maximum atomic E-state index is 11.2. The first-order valence-corrected chi connectivity index (χ1v) is 4.36. The van der Waals surface area contributed by atoms with Gasteiger partial charge in [-0.1, -0.05) is 11.6 Å². The van der Waals surface area contributed by atoms with Crippen LogP contribution >= 0.6 is 11.6 Å². The number of nitrogens with one attached hydrogen (secondary N) is 2. The summed E-state index contributed by atoms with van der Waals surface area (Å²) in [7, 11) is 0. The molecule has 0 saturated heterocycles. The third kappa shape index (κ3) is 2.95. The molecule has 0 unspecified atom stereocenters. The number of amides is 3. The Balaban J connectivity index is 2.94. The molecule has 8 nitrogen and oxygen atoms in total. The number of hydrogen-bond acceptors (Lipinski definition) is 4. The van der Waals surface area contributed by atoms with Crippen molar-refractivity contribution in [3.8, 4) is 0 Å². The van der Waals surface area contributed by atoms with Gasteiger partial charge in [0.2, 0.25) is 5.91 Å². The van der Waals surface area contributed by atoms with Gasteiger partial charge in [0.25, 0.3) is 5.56 Å². The molecule has 0 atom stereocenters. The van der Waals surface area contributed by atoms with E-state index in [1.54, 1.807) is 5.32 Å². The van der Waals surface area contributed by atoms with E-state index in [-0.39, 0.29) is 5.02 Å². The zero-order valence-electron chi connectivity index (χ0n) is 7.82. The Hall–Kier alpha value is -2.09. The first kappa shape index (κ1) is 12.0. The fraction of sp³-hybridized carbons (Fsp3) is 0.143. The number of rotatable bonds is 2. The number of aromatic amines is 1. The molecule has 0 radical (unpaired) electrons. The number of halogens is 1. The van der Waals surface area contributed by atoms with Crippen LogP contribution in [-0.2, 0) is 11.3 Å². The summed E-state index contributed by atoms with van der Waals surface area (Å²) in [5.41, 5.74) is 3.13. The van der Waals surface area contributed by atoms with E-state index in [9.17, 15) is 19.2 Å². The summed E-state index contributed by atoms with van der Waals surface area (Å²) in [6.45, 7) is -0.474. The third-order valence-corrected chi connectivity index (χ3v) is 1.81. The average molecular weight is 247 g/mol. The van der Waals surface area contributed by atoms with Gasteiger partial charge in [-0.3, -0.25) is 24.5 Å². The molecule has 0 bridgehead atoms. The van der Waals surface area contributed by atoms with Gasteiger partial charge in [-0.25, -0.2) is 9.59 Å². The van der Waals surface area contributed by atoms with Crippen molar-refractivity contribution in [1.82, 2.24) is 14.9 Å². The molecule has 4 N–H and O–H groups in total. The van der Waals surface area contributed by atoms with E-state index in [4.69, 9.17) is 17.3 Å². The minimum absolute atomic E-state index is 0.244. The van der Waals surface area contributed by atoms with Crippen molar-refractivity contribution in [3.63, 3.8) is 0 Å². The fourth-order valence-electron chi connectivity index (χ4n) is 0.932. The summed E-state index contributed by atoms with van der Waals surface area (Å²) >= 11 is 5.45. The highest BCUT2D eigenvalue weighted by molar-refractivity contribution is 6.30. The molecule has 0 aromatic carbocycles. The van der Waals surface area contributed by atoms with E-state index in [0.29, 0.717) is 0 Å². The van der Waals surface area contributed by atoms with Gasteiger partial charge >= 0.3 is 11.7 Å². The van der Waals surface area contributed by atoms with Crippen molar-refractivity contribution in [3.05, 3.63) is 32.1 Å². The Morgan fingerprint density at radius 2 is 2.12 bits per heavy atom. The van der Waals surface area contributed by atoms with Crippen molar-refractivity contribution in [2.24, 2.45) is 5.73 Å². The minimum Gasteiger partial charge on any atom is -0.351 e. The third-order valence-electron chi connectivity index (χ3n) is 1.54. The molecule has 3 amide bonds. The van der Waals surface area contributed by atoms with Gasteiger partial charge in [-0.15, -0.1) is 0 Å². The largest absolute Gasteiger partial charge is 0.351 e. The molecule has 1 aromatic rings. The molecular formula is C7H7ClN4O4. The minimum atomic E-state index is -1.03. The van der Waals surface area contributed by atoms with Gasteiger partial charge in [-0.05, 0) is 0 Å². The highest BCUT2D eigenvalue weighted by Crippen LogP contribution is 1.95. The maximum Gasteiger partial charge on any atom is 0.328 e. The summed E-state index contributed by atoms with van der Waals surface area (Å²) < 4.78 is 0.835. The van der Waals surface area contributed by atoms with Gasteiger partial charge < -0.3 is 5.73 Å². The number of imide groups is 1. The van der Waals surface area contributed by atoms with E-state index in [1.807, 2.05) is 4.98 Å². The Morgan fingerprint density at radius 3 is 2.69 bits per heavy atom. The lowest BCUT2D eigenvalue weighted by Gasteiger charge is -2.04. The maximum absolute atomic E-state index is 11.2. The molecule has 0 aliphatic carbocycles. The number of nitrogens with two attached hydrogens (primary N) is 1. The number of aromatic nitrogens is 2. The summed E-state index contributed by atoms with van der Waals surface area (Å²) in [5, 5.41) is 1.51. The lowest BCUT2D eigenvalue weighted by atomic mass is 10.5. The van der Waals surface area contributed by atoms with E-state index in [0.717, 1.165) is 10.8 Å². The van der Waals surface area contributed by atoms with Gasteiger partial charge in [0.05, 0.1) is 0 Å². The van der Waals surface area contributed by atoms with E-state index in [2.05, 4.69) is 0 Å². The van der Waals surface area contributed by atoms with Gasteiger partial charge in [0.1, 0.15) is 11.6 Å². The van der Waals surface area contributed by atoms with Crippen molar-refractivity contribution in [1.29, 1.82) is 0 Å². The van der Waals surface area contributed by atoms with Gasteiger partial charge in [-0.2, -0.15) is 0 Å². The molecule has 1 heterocycles. The van der Waals surface area contributed by atoms with Crippen LogP contribution in [0, 0.1) is 0 Å². The second-order valence-corrected chi connectivity index (χ2v) is 3.18. The monoisotopic (exact) mass is 246 g/mol. The van der Waals surface area contributed by atoms with Crippen LogP contribution in [0.3, 0.4) is 0 Å². The van der Waals surface area contributed by atoms with Crippen LogP contribution in [-0.4, -0.2) is 21.5 Å². The molecule has 1 rings (SSSR count). The van der Waals surface area contributed by atoms with E-state index < -0.39 is 29.7 Å². The number of carbonyl (C=O) groups excluding carboxylic acids is 2.